The predicted octanol–water partition coefficient (Wildman–Crippen LogP) is 4.29. The Morgan fingerprint density at radius 1 is 1.17 bits per heavy atom. The minimum Gasteiger partial charge on any atom is -0.356 e. The number of hydrogen-bond donors (Lipinski definition) is 1. The zero-order chi connectivity index (χ0) is 24.6. The lowest BCUT2D eigenvalue weighted by Gasteiger charge is -2.32. The average molecular weight is 491 g/mol. The number of rotatable bonds is 9. The van der Waals surface area contributed by atoms with Crippen LogP contribution in [0.2, 0.25) is 0 Å². The molecule has 9 heteroatoms. The SMILES string of the molecule is CSc1ncc(C(=O)Nc2ccc(N(C=O)CCc3ccccn3)cc2)c(N2CCC(C)CC2)n1. The number of amides is 2. The summed E-state index contributed by atoms with van der Waals surface area (Å²) in [5.41, 5.74) is 2.79. The molecule has 0 saturated carbocycles. The highest BCUT2D eigenvalue weighted by molar-refractivity contribution is 7.98. The van der Waals surface area contributed by atoms with Crippen LogP contribution in [-0.4, -0.2) is 53.2 Å². The van der Waals surface area contributed by atoms with Crippen molar-refractivity contribution in [1.82, 2.24) is 15.0 Å². The molecule has 0 radical (unpaired) electrons. The molecule has 8 nitrogen and oxygen atoms in total. The maximum atomic E-state index is 13.2. The third kappa shape index (κ3) is 6.36. The van der Waals surface area contributed by atoms with E-state index in [9.17, 15) is 9.59 Å². The molecule has 1 aliphatic heterocycles. The Hall–Kier alpha value is -3.46. The molecule has 0 atom stereocenters. The number of hydrogen-bond acceptors (Lipinski definition) is 7. The van der Waals surface area contributed by atoms with Gasteiger partial charge in [0, 0.05) is 55.5 Å². The van der Waals surface area contributed by atoms with Gasteiger partial charge in [0.1, 0.15) is 11.4 Å². The second kappa shape index (κ2) is 11.8. The van der Waals surface area contributed by atoms with Crippen molar-refractivity contribution < 1.29 is 9.59 Å². The molecular weight excluding hydrogens is 460 g/mol. The molecule has 182 valence electrons. The molecule has 2 aromatic heterocycles. The van der Waals surface area contributed by atoms with Crippen LogP contribution in [0.15, 0.2) is 60.0 Å². The van der Waals surface area contributed by atoms with Crippen LogP contribution < -0.4 is 15.1 Å². The van der Waals surface area contributed by atoms with Crippen LogP contribution >= 0.6 is 11.8 Å². The Balaban J connectivity index is 1.45. The Bertz CT molecular complexity index is 1130. The molecule has 1 fully saturated rings. The summed E-state index contributed by atoms with van der Waals surface area (Å²) in [4.78, 5) is 41.9. The minimum atomic E-state index is -0.249. The van der Waals surface area contributed by atoms with Gasteiger partial charge in [0.25, 0.3) is 5.91 Å². The Kier molecular flexibility index (Phi) is 8.31. The Morgan fingerprint density at radius 2 is 1.94 bits per heavy atom. The lowest BCUT2D eigenvalue weighted by molar-refractivity contribution is -0.107. The minimum absolute atomic E-state index is 0.249. The number of piperidine rings is 1. The molecule has 2 amide bonds. The first-order valence-corrected chi connectivity index (χ1v) is 13.0. The molecule has 1 N–H and O–H groups in total. The number of benzene rings is 1. The van der Waals surface area contributed by atoms with E-state index in [0.29, 0.717) is 41.1 Å². The van der Waals surface area contributed by atoms with E-state index in [-0.39, 0.29) is 5.91 Å². The summed E-state index contributed by atoms with van der Waals surface area (Å²) in [5.74, 6) is 1.12. The van der Waals surface area contributed by atoms with E-state index < -0.39 is 0 Å². The summed E-state index contributed by atoms with van der Waals surface area (Å²) in [6, 6.07) is 13.0. The summed E-state index contributed by atoms with van der Waals surface area (Å²) < 4.78 is 0. The average Bonchev–Trinajstić information content (AvgIpc) is 2.90. The number of nitrogens with zero attached hydrogens (tertiary/aromatic N) is 5. The van der Waals surface area contributed by atoms with E-state index >= 15 is 0 Å². The van der Waals surface area contributed by atoms with Crippen molar-refractivity contribution in [1.29, 1.82) is 0 Å². The van der Waals surface area contributed by atoms with Gasteiger partial charge in [-0.15, -0.1) is 0 Å². The standard InChI is InChI=1S/C26H30N6O2S/c1-19-10-14-31(15-11-19)24-23(17-28-26(30-24)35-2)25(34)29-21-6-8-22(9-7-21)32(18-33)16-12-20-5-3-4-13-27-20/h3-9,13,17-19H,10-12,14-16H2,1-2H3,(H,29,34). The van der Waals surface area contributed by atoms with Gasteiger partial charge in [-0.1, -0.05) is 24.8 Å². The van der Waals surface area contributed by atoms with Gasteiger partial charge >= 0.3 is 0 Å². The predicted molar refractivity (Wildman–Crippen MR) is 140 cm³/mol. The lowest BCUT2D eigenvalue weighted by Crippen LogP contribution is -2.35. The van der Waals surface area contributed by atoms with Crippen LogP contribution in [0.5, 0.6) is 0 Å². The summed E-state index contributed by atoms with van der Waals surface area (Å²) >= 11 is 1.46. The van der Waals surface area contributed by atoms with Crippen molar-refractivity contribution in [2.75, 3.05) is 41.0 Å². The summed E-state index contributed by atoms with van der Waals surface area (Å²) in [6.45, 7) is 4.53. The van der Waals surface area contributed by atoms with E-state index in [1.807, 2.05) is 36.6 Å². The first kappa shape index (κ1) is 24.7. The summed E-state index contributed by atoms with van der Waals surface area (Å²) in [7, 11) is 0. The lowest BCUT2D eigenvalue weighted by atomic mass is 9.99. The highest BCUT2D eigenvalue weighted by atomic mass is 32.2. The monoisotopic (exact) mass is 490 g/mol. The first-order chi connectivity index (χ1) is 17.1. The molecule has 1 aliphatic rings. The number of nitrogens with one attached hydrogen (secondary N) is 1. The molecule has 4 rings (SSSR count). The zero-order valence-corrected chi connectivity index (χ0v) is 20.9. The van der Waals surface area contributed by atoms with Crippen molar-refractivity contribution in [3.63, 3.8) is 0 Å². The van der Waals surface area contributed by atoms with Crippen molar-refractivity contribution in [2.24, 2.45) is 5.92 Å². The van der Waals surface area contributed by atoms with Gasteiger partial charge in [0.2, 0.25) is 6.41 Å². The van der Waals surface area contributed by atoms with E-state index in [1.165, 1.54) is 11.8 Å². The van der Waals surface area contributed by atoms with Crippen molar-refractivity contribution in [2.45, 2.75) is 31.3 Å². The largest absolute Gasteiger partial charge is 0.356 e. The van der Waals surface area contributed by atoms with E-state index in [1.54, 1.807) is 29.4 Å². The van der Waals surface area contributed by atoms with E-state index in [0.717, 1.165) is 43.7 Å². The molecule has 0 unspecified atom stereocenters. The fourth-order valence-electron chi connectivity index (χ4n) is 4.04. The number of thioether (sulfide) groups is 1. The number of aromatic nitrogens is 3. The number of carbonyl (C=O) groups is 2. The number of pyridine rings is 1. The fourth-order valence-corrected chi connectivity index (χ4v) is 4.37. The maximum Gasteiger partial charge on any atom is 0.261 e. The smallest absolute Gasteiger partial charge is 0.261 e. The normalized spacial score (nSPS) is 13.9. The molecule has 1 saturated heterocycles. The Morgan fingerprint density at radius 3 is 2.60 bits per heavy atom. The second-order valence-corrected chi connectivity index (χ2v) is 9.41. The second-order valence-electron chi connectivity index (χ2n) is 8.63. The highest BCUT2D eigenvalue weighted by Crippen LogP contribution is 2.27. The third-order valence-electron chi connectivity index (χ3n) is 6.18. The van der Waals surface area contributed by atoms with Gasteiger partial charge in [0.15, 0.2) is 5.16 Å². The van der Waals surface area contributed by atoms with Gasteiger partial charge < -0.3 is 15.1 Å². The molecule has 0 aliphatic carbocycles. The molecule has 1 aromatic carbocycles. The van der Waals surface area contributed by atoms with Gasteiger partial charge in [-0.3, -0.25) is 14.6 Å². The van der Waals surface area contributed by atoms with Crippen LogP contribution in [0.4, 0.5) is 17.2 Å². The molecule has 0 bridgehead atoms. The van der Waals surface area contributed by atoms with Crippen molar-refractivity contribution >= 4 is 41.3 Å². The van der Waals surface area contributed by atoms with Gasteiger partial charge in [-0.25, -0.2) is 9.97 Å². The summed E-state index contributed by atoms with van der Waals surface area (Å²) in [5, 5.41) is 3.61. The van der Waals surface area contributed by atoms with E-state index in [2.05, 4.69) is 32.1 Å². The molecule has 3 heterocycles. The van der Waals surface area contributed by atoms with Crippen LogP contribution in [0, 0.1) is 5.92 Å². The van der Waals surface area contributed by atoms with Gasteiger partial charge in [-0.05, 0) is 61.4 Å². The fraction of sp³-hybridized carbons (Fsp3) is 0.346. The Labute approximate surface area is 210 Å². The molecule has 35 heavy (non-hydrogen) atoms. The van der Waals surface area contributed by atoms with Crippen molar-refractivity contribution in [3.05, 3.63) is 66.1 Å². The first-order valence-electron chi connectivity index (χ1n) is 11.8. The van der Waals surface area contributed by atoms with Gasteiger partial charge in [-0.2, -0.15) is 0 Å². The van der Waals surface area contributed by atoms with E-state index in [4.69, 9.17) is 0 Å². The third-order valence-corrected chi connectivity index (χ3v) is 6.74. The zero-order valence-electron chi connectivity index (χ0n) is 20.1. The van der Waals surface area contributed by atoms with Crippen LogP contribution in [0.3, 0.4) is 0 Å². The number of carbonyl (C=O) groups excluding carboxylic acids is 2. The molecule has 3 aromatic rings. The molecular formula is C26H30N6O2S. The quantitative estimate of drug-likeness (QED) is 0.272. The van der Waals surface area contributed by atoms with Gasteiger partial charge in [0.05, 0.1) is 0 Å². The number of anilines is 3. The van der Waals surface area contributed by atoms with Crippen LogP contribution in [0.25, 0.3) is 0 Å². The van der Waals surface area contributed by atoms with Crippen LogP contribution in [-0.2, 0) is 11.2 Å². The topological polar surface area (TPSA) is 91.3 Å². The molecule has 0 spiro atoms. The summed E-state index contributed by atoms with van der Waals surface area (Å²) in [6.07, 6.45) is 8.91. The van der Waals surface area contributed by atoms with Crippen LogP contribution in [0.1, 0.15) is 35.8 Å². The maximum absolute atomic E-state index is 13.2. The highest BCUT2D eigenvalue weighted by Gasteiger charge is 2.23. The van der Waals surface area contributed by atoms with Crippen molar-refractivity contribution in [3.8, 4) is 0 Å².